The smallest absolute Gasteiger partial charge is 0.340 e. The number of aliphatic hydroxyl groups is 3. The van der Waals surface area contributed by atoms with Crippen LogP contribution in [0, 0.1) is 17.8 Å². The standard InChI is InChI=1S/C66H78O11/c1-40(37-68)51-25-23-41-19-22-46-33-44(41)21-20-42-13-8-9-18-55(42)65(2)62(76-63(51)71)61(59-56(77-65)28-27-53-54(38-69)58(64(72)75-60(53)59)47(29-32-67)39-73-3)74-57(70)36-48-34-45(24-26-52(46)48)43-14-12-17-50(35-43)66(30-10-5-11-31-66)49-15-6-4-7-16-49/h4,6-7,12,14-17,19,22,27-28,33,35,42,45,47-48,52,55,61-62,67-69H,5,8-11,13,18,20-21,23-26,29-32,34,36-39H2,1-3H3/b51-40-/t42-,45+,47+,48+,52-,55+,61+,62-,65-/m0/s1. The Labute approximate surface area is 453 Å². The van der Waals surface area contributed by atoms with Crippen LogP contribution in [-0.2, 0) is 48.7 Å². The molecule has 3 saturated carbocycles. The topological polar surface area (TPSA) is 162 Å². The van der Waals surface area contributed by atoms with Crippen molar-refractivity contribution in [2.24, 2.45) is 17.8 Å². The predicted molar refractivity (Wildman–Crippen MR) is 295 cm³/mol. The van der Waals surface area contributed by atoms with E-state index in [1.165, 1.54) is 59.8 Å². The third-order valence-electron chi connectivity index (χ3n) is 19.7. The third-order valence-corrected chi connectivity index (χ3v) is 19.7. The Morgan fingerprint density at radius 1 is 0.766 bits per heavy atom. The van der Waals surface area contributed by atoms with Crippen LogP contribution in [0.25, 0.3) is 11.0 Å². The Balaban J connectivity index is 1.08. The van der Waals surface area contributed by atoms with Crippen molar-refractivity contribution in [1.82, 2.24) is 0 Å². The Morgan fingerprint density at radius 2 is 1.57 bits per heavy atom. The summed E-state index contributed by atoms with van der Waals surface area (Å²) in [6.45, 7) is 2.78. The minimum atomic E-state index is -1.29. The second-order valence-electron chi connectivity index (χ2n) is 23.8. The van der Waals surface area contributed by atoms with E-state index < -0.39 is 47.9 Å². The van der Waals surface area contributed by atoms with Crippen molar-refractivity contribution in [2.75, 3.05) is 26.9 Å². The molecule has 11 rings (SSSR count). The molecule has 9 atom stereocenters. The Kier molecular flexibility index (Phi) is 15.7. The van der Waals surface area contributed by atoms with Gasteiger partial charge in [0, 0.05) is 53.9 Å². The van der Waals surface area contributed by atoms with Gasteiger partial charge in [-0.05, 0) is 165 Å². The van der Waals surface area contributed by atoms with Gasteiger partial charge in [0.15, 0.2) is 17.8 Å². The first kappa shape index (κ1) is 53.4. The number of benzene rings is 4. The van der Waals surface area contributed by atoms with Crippen molar-refractivity contribution in [1.29, 1.82) is 0 Å². The van der Waals surface area contributed by atoms with E-state index in [0.29, 0.717) is 40.7 Å². The van der Waals surface area contributed by atoms with Crippen LogP contribution in [0.5, 0.6) is 5.75 Å². The second-order valence-corrected chi connectivity index (χ2v) is 23.8. The van der Waals surface area contributed by atoms with E-state index in [4.69, 9.17) is 23.4 Å². The molecule has 4 heterocycles. The summed E-state index contributed by atoms with van der Waals surface area (Å²) < 4.78 is 33.2. The van der Waals surface area contributed by atoms with Gasteiger partial charge >= 0.3 is 17.6 Å². The van der Waals surface area contributed by atoms with Crippen molar-refractivity contribution in [3.05, 3.63) is 157 Å². The molecule has 3 N–H and O–H groups in total. The maximum atomic E-state index is 15.6. The lowest BCUT2D eigenvalue weighted by Crippen LogP contribution is -2.60. The van der Waals surface area contributed by atoms with Gasteiger partial charge in [-0.3, -0.25) is 4.79 Å². The quantitative estimate of drug-likeness (QED) is 0.0693. The van der Waals surface area contributed by atoms with E-state index >= 15 is 9.59 Å². The van der Waals surface area contributed by atoms with Crippen LogP contribution in [0.1, 0.15) is 191 Å². The third kappa shape index (κ3) is 10.0. The molecular formula is C66H78O11. The van der Waals surface area contributed by atoms with Gasteiger partial charge in [0.05, 0.1) is 25.4 Å². The lowest BCUT2D eigenvalue weighted by molar-refractivity contribution is -0.205. The average Bonchev–Trinajstić information content (AvgIpc) is 3.55. The largest absolute Gasteiger partial charge is 0.483 e. The van der Waals surface area contributed by atoms with Gasteiger partial charge in [0.25, 0.3) is 0 Å². The van der Waals surface area contributed by atoms with Crippen LogP contribution in [0.15, 0.2) is 105 Å². The lowest BCUT2D eigenvalue weighted by Gasteiger charge is -2.52. The van der Waals surface area contributed by atoms with Crippen LogP contribution >= 0.6 is 0 Å². The molecule has 5 bridgehead atoms. The fourth-order valence-corrected chi connectivity index (χ4v) is 15.7. The number of fused-ring (bicyclic) bond motifs is 8. The van der Waals surface area contributed by atoms with Gasteiger partial charge < -0.3 is 38.7 Å². The van der Waals surface area contributed by atoms with E-state index in [-0.39, 0.29) is 84.4 Å². The van der Waals surface area contributed by atoms with Crippen molar-refractivity contribution in [3.63, 3.8) is 0 Å². The number of methoxy groups -OCH3 is 1. The maximum Gasteiger partial charge on any atom is 0.340 e. The predicted octanol–water partition coefficient (Wildman–Crippen LogP) is 12.1. The van der Waals surface area contributed by atoms with Gasteiger partial charge in [0.2, 0.25) is 0 Å². The second kappa shape index (κ2) is 22.6. The summed E-state index contributed by atoms with van der Waals surface area (Å²) in [5.74, 6) is -1.10. The van der Waals surface area contributed by atoms with Crippen LogP contribution in [-0.4, -0.2) is 65.9 Å². The van der Waals surface area contributed by atoms with Crippen LogP contribution in [0.4, 0.5) is 0 Å². The van der Waals surface area contributed by atoms with E-state index in [0.717, 1.165) is 70.6 Å². The van der Waals surface area contributed by atoms with Gasteiger partial charge in [-0.1, -0.05) is 111 Å². The molecule has 1 aromatic heterocycles. The number of ether oxygens (including phenoxy) is 4. The molecule has 408 valence electrons. The molecule has 3 fully saturated rings. The summed E-state index contributed by atoms with van der Waals surface area (Å²) in [6.07, 6.45) is 12.7. The summed E-state index contributed by atoms with van der Waals surface area (Å²) in [4.78, 5) is 45.3. The first-order valence-electron chi connectivity index (χ1n) is 29.0. The molecule has 0 amide bonds. The Morgan fingerprint density at radius 3 is 2.35 bits per heavy atom. The molecule has 6 aliphatic rings. The van der Waals surface area contributed by atoms with E-state index in [9.17, 15) is 20.1 Å². The van der Waals surface area contributed by atoms with E-state index in [1.54, 1.807) is 19.1 Å². The molecule has 0 radical (unpaired) electrons. The highest BCUT2D eigenvalue weighted by atomic mass is 16.6. The SMILES string of the molecule is COC[C@@H](CCO)c1c(CO)c2ccc3c(c2oc1=O)[C@H]1OC(=O)C[C@H]2C[C@H](c4cccc(C5(c6ccccc6)CCCCC5)c4)CC[C@H]2c2ccc4c(c2)CC[C@@H]2CCCC[C@H]2[C@](C)(O3)[C@H]1OC(=O)/C(=C(/C)CO)CC4. The molecular weight excluding hydrogens is 969 g/mol. The zero-order valence-electron chi connectivity index (χ0n) is 45.4. The molecule has 5 aromatic rings. The minimum absolute atomic E-state index is 0.0480. The van der Waals surface area contributed by atoms with E-state index in [2.05, 4.69) is 72.8 Å². The summed E-state index contributed by atoms with van der Waals surface area (Å²) in [5.41, 5.74) is 7.46. The Hall–Kier alpha value is -5.59. The summed E-state index contributed by atoms with van der Waals surface area (Å²) in [6, 6.07) is 30.9. The number of esters is 2. The number of aliphatic hydroxyl groups excluding tert-OH is 3. The van der Waals surface area contributed by atoms with Crippen LogP contribution < -0.4 is 10.4 Å². The minimum Gasteiger partial charge on any atom is -0.483 e. The lowest BCUT2D eigenvalue weighted by atomic mass is 9.64. The highest BCUT2D eigenvalue weighted by Gasteiger charge is 2.58. The highest BCUT2D eigenvalue weighted by molar-refractivity contribution is 5.90. The number of carbonyl (C=O) groups excluding carboxylic acids is 2. The number of aryl methyl sites for hydroxylation is 2. The number of hydrogen-bond acceptors (Lipinski definition) is 11. The summed E-state index contributed by atoms with van der Waals surface area (Å²) in [5, 5.41) is 32.3. The molecule has 3 aliphatic carbocycles. The first-order chi connectivity index (χ1) is 37.5. The zero-order valence-corrected chi connectivity index (χ0v) is 45.4. The maximum absolute atomic E-state index is 15.6. The van der Waals surface area contributed by atoms with Crippen LogP contribution in [0.3, 0.4) is 0 Å². The molecule has 0 unspecified atom stereocenters. The van der Waals surface area contributed by atoms with Crippen molar-refractivity contribution in [3.8, 4) is 5.75 Å². The van der Waals surface area contributed by atoms with Crippen LogP contribution in [0.2, 0.25) is 0 Å². The summed E-state index contributed by atoms with van der Waals surface area (Å²) >= 11 is 0. The van der Waals surface area contributed by atoms with E-state index in [1.807, 2.05) is 6.92 Å². The average molecular weight is 1050 g/mol. The molecule has 11 nitrogen and oxygen atoms in total. The van der Waals surface area contributed by atoms with Crippen molar-refractivity contribution < 1.29 is 48.3 Å². The zero-order chi connectivity index (χ0) is 53.4. The fraction of sp³-hybridized carbons (Fsp3) is 0.530. The number of hydrogen-bond donors (Lipinski definition) is 3. The van der Waals surface area contributed by atoms with Gasteiger partial charge in [-0.25, -0.2) is 9.59 Å². The molecule has 4 aromatic carbocycles. The van der Waals surface area contributed by atoms with Crippen molar-refractivity contribution in [2.45, 2.75) is 177 Å². The molecule has 11 heteroatoms. The molecule has 0 saturated heterocycles. The molecule has 3 aliphatic heterocycles. The number of rotatable bonds is 10. The highest BCUT2D eigenvalue weighted by Crippen LogP contribution is 2.56. The van der Waals surface area contributed by atoms with Gasteiger partial charge in [0.1, 0.15) is 11.3 Å². The fourth-order valence-electron chi connectivity index (χ4n) is 15.7. The normalized spacial score (nSPS) is 28.4. The Bertz CT molecular complexity index is 3050. The van der Waals surface area contributed by atoms with Gasteiger partial charge in [-0.2, -0.15) is 0 Å². The first-order valence-corrected chi connectivity index (χ1v) is 29.0. The van der Waals surface area contributed by atoms with Gasteiger partial charge in [-0.15, -0.1) is 0 Å². The van der Waals surface area contributed by atoms with Crippen molar-refractivity contribution >= 4 is 22.9 Å². The molecule has 0 spiro atoms. The monoisotopic (exact) mass is 1050 g/mol. The summed E-state index contributed by atoms with van der Waals surface area (Å²) in [7, 11) is 1.52. The number of carbonyl (C=O) groups is 2. The molecule has 77 heavy (non-hydrogen) atoms.